The molecule has 0 bridgehead atoms. The van der Waals surface area contributed by atoms with Crippen molar-refractivity contribution in [2.24, 2.45) is 0 Å². The van der Waals surface area contributed by atoms with Crippen LogP contribution >= 0.6 is 0 Å². The van der Waals surface area contributed by atoms with Gasteiger partial charge in [0.25, 0.3) is 5.69 Å². The largest absolute Gasteiger partial charge is 0.467 e. The lowest BCUT2D eigenvalue weighted by atomic mass is 9.78. The summed E-state index contributed by atoms with van der Waals surface area (Å²) in [5.41, 5.74) is -0.554. The van der Waals surface area contributed by atoms with E-state index in [1.165, 1.54) is 18.2 Å². The second kappa shape index (κ2) is 5.15. The molecule has 27 heavy (non-hydrogen) atoms. The Morgan fingerprint density at radius 2 is 1.85 bits per heavy atom. The number of hydrogen-bond donors (Lipinski definition) is 0. The molecule has 142 valence electrons. The van der Waals surface area contributed by atoms with E-state index in [1.807, 2.05) is 20.8 Å². The fourth-order valence-electron chi connectivity index (χ4n) is 3.98. The molecule has 1 unspecified atom stereocenters. The number of non-ortho nitro benzene ring substituents is 1. The van der Waals surface area contributed by atoms with E-state index in [2.05, 4.69) is 0 Å². The number of benzene rings is 2. The molecule has 0 fully saturated rings. The molecule has 0 saturated heterocycles. The first-order chi connectivity index (χ1) is 12.4. The Labute approximate surface area is 153 Å². The van der Waals surface area contributed by atoms with Crippen LogP contribution in [0.15, 0.2) is 36.4 Å². The van der Waals surface area contributed by atoms with E-state index in [4.69, 9.17) is 4.74 Å². The summed E-state index contributed by atoms with van der Waals surface area (Å²) >= 11 is 0. The van der Waals surface area contributed by atoms with Gasteiger partial charge < -0.3 is 9.64 Å². The van der Waals surface area contributed by atoms with Crippen LogP contribution in [-0.4, -0.2) is 10.6 Å². The molecule has 0 N–H and O–H groups in total. The molecule has 2 aromatic rings. The molecule has 0 aliphatic carbocycles. The fourth-order valence-corrected chi connectivity index (χ4v) is 3.98. The van der Waals surface area contributed by atoms with Gasteiger partial charge in [0.2, 0.25) is 0 Å². The van der Waals surface area contributed by atoms with Crippen molar-refractivity contribution in [3.05, 3.63) is 63.2 Å². The standard InChI is InChI=1S/C19H17F3N2O3/c1-17(2)14-6-4-12(19(20,21)22)9-15(14)23-10-11-8-13(24(25)26)5-7-16(11)27-18(17,23)3/h4-9H,10H2,1-3H3. The first-order valence-electron chi connectivity index (χ1n) is 8.41. The first-order valence-corrected chi connectivity index (χ1v) is 8.41. The molecule has 5 nitrogen and oxygen atoms in total. The van der Waals surface area contributed by atoms with Gasteiger partial charge >= 0.3 is 6.18 Å². The zero-order valence-electron chi connectivity index (χ0n) is 14.9. The molecular weight excluding hydrogens is 361 g/mol. The van der Waals surface area contributed by atoms with Gasteiger partial charge in [0, 0.05) is 23.4 Å². The number of halogens is 3. The lowest BCUT2D eigenvalue weighted by Gasteiger charge is -2.48. The van der Waals surface area contributed by atoms with Crippen LogP contribution in [0.1, 0.15) is 37.5 Å². The summed E-state index contributed by atoms with van der Waals surface area (Å²) in [4.78, 5) is 12.3. The molecule has 2 heterocycles. The molecule has 1 atom stereocenters. The zero-order valence-corrected chi connectivity index (χ0v) is 14.9. The van der Waals surface area contributed by atoms with Crippen LogP contribution in [0, 0.1) is 10.1 Å². The topological polar surface area (TPSA) is 55.6 Å². The minimum atomic E-state index is -4.45. The minimum Gasteiger partial charge on any atom is -0.467 e. The van der Waals surface area contributed by atoms with E-state index >= 15 is 0 Å². The number of nitro benzene ring substituents is 1. The highest BCUT2D eigenvalue weighted by atomic mass is 19.4. The molecule has 0 spiro atoms. The van der Waals surface area contributed by atoms with Crippen molar-refractivity contribution >= 4 is 11.4 Å². The summed E-state index contributed by atoms with van der Waals surface area (Å²) in [6.45, 7) is 5.92. The van der Waals surface area contributed by atoms with Crippen molar-refractivity contribution in [1.82, 2.24) is 0 Å². The van der Waals surface area contributed by atoms with E-state index in [0.29, 0.717) is 17.0 Å². The maximum Gasteiger partial charge on any atom is 0.416 e. The minimum absolute atomic E-state index is 0.0799. The molecule has 4 rings (SSSR count). The lowest BCUT2D eigenvalue weighted by molar-refractivity contribution is -0.385. The van der Waals surface area contributed by atoms with Crippen molar-refractivity contribution in [1.29, 1.82) is 0 Å². The summed E-state index contributed by atoms with van der Waals surface area (Å²) in [6.07, 6.45) is -4.45. The van der Waals surface area contributed by atoms with Crippen LogP contribution in [0.5, 0.6) is 5.75 Å². The molecule has 0 radical (unpaired) electrons. The molecule has 0 aromatic heterocycles. The van der Waals surface area contributed by atoms with Crippen molar-refractivity contribution in [2.45, 2.75) is 44.6 Å². The van der Waals surface area contributed by atoms with Crippen LogP contribution in [0.25, 0.3) is 0 Å². The van der Waals surface area contributed by atoms with Crippen molar-refractivity contribution in [3.8, 4) is 5.75 Å². The van der Waals surface area contributed by atoms with Gasteiger partial charge in [-0.05, 0) is 44.5 Å². The third-order valence-corrected chi connectivity index (χ3v) is 5.86. The molecule has 0 saturated carbocycles. The summed E-state index contributed by atoms with van der Waals surface area (Å²) in [7, 11) is 0. The fraction of sp³-hybridized carbons (Fsp3) is 0.368. The van der Waals surface area contributed by atoms with Gasteiger partial charge in [0.15, 0.2) is 5.72 Å². The zero-order chi connectivity index (χ0) is 19.8. The lowest BCUT2D eigenvalue weighted by Crippen LogP contribution is -2.59. The van der Waals surface area contributed by atoms with Crippen LogP contribution < -0.4 is 9.64 Å². The van der Waals surface area contributed by atoms with Crippen molar-refractivity contribution in [2.75, 3.05) is 4.90 Å². The van der Waals surface area contributed by atoms with E-state index in [9.17, 15) is 23.3 Å². The van der Waals surface area contributed by atoms with Gasteiger partial charge in [-0.15, -0.1) is 0 Å². The van der Waals surface area contributed by atoms with Crippen LogP contribution in [0.4, 0.5) is 24.5 Å². The molecule has 2 aromatic carbocycles. The normalized spacial score (nSPS) is 22.5. The van der Waals surface area contributed by atoms with Crippen LogP contribution in [0.3, 0.4) is 0 Å². The van der Waals surface area contributed by atoms with E-state index in [-0.39, 0.29) is 12.2 Å². The molecule has 8 heteroatoms. The Hall–Kier alpha value is -2.77. The SMILES string of the molecule is CC1(C)c2ccc(C(F)(F)F)cc2N2Cc3cc([N+](=O)[O-])ccc3OC21C. The summed E-state index contributed by atoms with van der Waals surface area (Å²) in [6, 6.07) is 8.05. The van der Waals surface area contributed by atoms with E-state index < -0.39 is 27.8 Å². The van der Waals surface area contributed by atoms with E-state index in [1.54, 1.807) is 11.0 Å². The Kier molecular flexibility index (Phi) is 3.36. The highest BCUT2D eigenvalue weighted by Gasteiger charge is 2.58. The maximum atomic E-state index is 13.2. The molecule has 0 amide bonds. The third kappa shape index (κ3) is 2.32. The highest BCUT2D eigenvalue weighted by molar-refractivity contribution is 5.69. The number of fused-ring (bicyclic) bond motifs is 4. The van der Waals surface area contributed by atoms with Gasteiger partial charge in [-0.1, -0.05) is 6.07 Å². The predicted octanol–water partition coefficient (Wildman–Crippen LogP) is 5.02. The number of nitrogens with zero attached hydrogens (tertiary/aromatic N) is 2. The molecule has 2 aliphatic heterocycles. The Morgan fingerprint density at radius 3 is 2.48 bits per heavy atom. The second-order valence-electron chi connectivity index (χ2n) is 7.57. The van der Waals surface area contributed by atoms with Gasteiger partial charge in [-0.3, -0.25) is 10.1 Å². The average Bonchev–Trinajstić information content (AvgIpc) is 2.75. The number of ether oxygens (including phenoxy) is 1. The van der Waals surface area contributed by atoms with Crippen molar-refractivity contribution < 1.29 is 22.8 Å². The summed E-state index contributed by atoms with van der Waals surface area (Å²) < 4.78 is 45.9. The Morgan fingerprint density at radius 1 is 1.15 bits per heavy atom. The number of hydrogen-bond acceptors (Lipinski definition) is 4. The van der Waals surface area contributed by atoms with Gasteiger partial charge in [-0.25, -0.2) is 0 Å². The number of rotatable bonds is 1. The molecule has 2 aliphatic rings. The second-order valence-corrected chi connectivity index (χ2v) is 7.57. The third-order valence-electron chi connectivity index (χ3n) is 5.86. The van der Waals surface area contributed by atoms with E-state index in [0.717, 1.165) is 17.7 Å². The highest BCUT2D eigenvalue weighted by Crippen LogP contribution is 2.56. The van der Waals surface area contributed by atoms with Crippen molar-refractivity contribution in [3.63, 3.8) is 0 Å². The molecular formula is C19H17F3N2O3. The first kappa shape index (κ1) is 17.6. The quantitative estimate of drug-likeness (QED) is 0.516. The average molecular weight is 378 g/mol. The van der Waals surface area contributed by atoms with Crippen LogP contribution in [0.2, 0.25) is 0 Å². The summed E-state index contributed by atoms with van der Waals surface area (Å²) in [5, 5.41) is 11.1. The number of anilines is 1. The number of alkyl halides is 3. The Bertz CT molecular complexity index is 971. The van der Waals surface area contributed by atoms with Gasteiger partial charge in [0.05, 0.1) is 22.4 Å². The van der Waals surface area contributed by atoms with Gasteiger partial charge in [0.1, 0.15) is 5.75 Å². The maximum absolute atomic E-state index is 13.2. The smallest absolute Gasteiger partial charge is 0.416 e. The number of nitro groups is 1. The van der Waals surface area contributed by atoms with Gasteiger partial charge in [-0.2, -0.15) is 13.2 Å². The predicted molar refractivity (Wildman–Crippen MR) is 92.8 cm³/mol. The van der Waals surface area contributed by atoms with Crippen LogP contribution in [-0.2, 0) is 18.1 Å². The summed E-state index contributed by atoms with van der Waals surface area (Å²) in [5.74, 6) is 0.510. The Balaban J connectivity index is 1.88. The monoisotopic (exact) mass is 378 g/mol.